The molecule has 4 nitrogen and oxygen atoms in total. The lowest BCUT2D eigenvalue weighted by atomic mass is 10.1. The number of aliphatic hydroxyl groups excluding tert-OH is 1. The number of ether oxygens (including phenoxy) is 2. The highest BCUT2D eigenvalue weighted by molar-refractivity contribution is 5.42. The minimum Gasteiger partial charge on any atom is -0.493 e. The molecular formula is C14H23NO3. The molecule has 0 saturated heterocycles. The van der Waals surface area contributed by atoms with Crippen LogP contribution in [-0.2, 0) is 0 Å². The van der Waals surface area contributed by atoms with Crippen LogP contribution in [0.5, 0.6) is 11.5 Å². The molecule has 0 aromatic heterocycles. The number of aliphatic hydroxyl groups is 1. The van der Waals surface area contributed by atoms with Gasteiger partial charge >= 0.3 is 0 Å². The maximum absolute atomic E-state index is 9.36. The van der Waals surface area contributed by atoms with Crippen LogP contribution in [0, 0.1) is 6.92 Å². The SMILES string of the molecule is CCCC(N)C(CO)Oc1ccc(C)cc1OC. The zero-order chi connectivity index (χ0) is 13.5. The van der Waals surface area contributed by atoms with Crippen LogP contribution >= 0.6 is 0 Å². The Bertz CT molecular complexity index is 368. The molecule has 0 aliphatic carbocycles. The first-order valence-corrected chi connectivity index (χ1v) is 6.30. The van der Waals surface area contributed by atoms with Crippen molar-refractivity contribution in [1.82, 2.24) is 0 Å². The summed E-state index contributed by atoms with van der Waals surface area (Å²) in [5.41, 5.74) is 7.08. The predicted octanol–water partition coefficient (Wildman–Crippen LogP) is 1.87. The van der Waals surface area contributed by atoms with Crippen LogP contribution in [-0.4, -0.2) is 31.0 Å². The molecule has 1 aromatic rings. The fraction of sp³-hybridized carbons (Fsp3) is 0.571. The smallest absolute Gasteiger partial charge is 0.161 e. The standard InChI is InChI=1S/C14H23NO3/c1-4-5-11(15)14(9-16)18-12-7-6-10(2)8-13(12)17-3/h6-8,11,14,16H,4-5,9,15H2,1-3H3. The number of methoxy groups -OCH3 is 1. The maximum atomic E-state index is 9.36. The normalized spacial score (nSPS) is 14.1. The molecule has 102 valence electrons. The van der Waals surface area contributed by atoms with Gasteiger partial charge in [0.25, 0.3) is 0 Å². The number of hydrogen-bond donors (Lipinski definition) is 2. The number of rotatable bonds is 7. The molecule has 18 heavy (non-hydrogen) atoms. The second-order valence-corrected chi connectivity index (χ2v) is 4.45. The van der Waals surface area contributed by atoms with Crippen molar-refractivity contribution >= 4 is 0 Å². The molecule has 0 aliphatic rings. The summed E-state index contributed by atoms with van der Waals surface area (Å²) in [4.78, 5) is 0. The Hall–Kier alpha value is -1.26. The minimum atomic E-state index is -0.401. The minimum absolute atomic E-state index is 0.0990. The highest BCUT2D eigenvalue weighted by Gasteiger charge is 2.19. The third kappa shape index (κ3) is 3.89. The van der Waals surface area contributed by atoms with E-state index in [0.29, 0.717) is 11.5 Å². The number of benzene rings is 1. The van der Waals surface area contributed by atoms with Crippen LogP contribution in [0.25, 0.3) is 0 Å². The molecule has 2 unspecified atom stereocenters. The first-order valence-electron chi connectivity index (χ1n) is 6.30. The van der Waals surface area contributed by atoms with E-state index in [1.165, 1.54) is 0 Å². The second-order valence-electron chi connectivity index (χ2n) is 4.45. The van der Waals surface area contributed by atoms with E-state index in [2.05, 4.69) is 6.92 Å². The molecule has 0 aliphatic heterocycles. The van der Waals surface area contributed by atoms with E-state index in [0.717, 1.165) is 18.4 Å². The van der Waals surface area contributed by atoms with E-state index in [9.17, 15) is 5.11 Å². The lowest BCUT2D eigenvalue weighted by molar-refractivity contribution is 0.0889. The van der Waals surface area contributed by atoms with Crippen molar-refractivity contribution in [2.45, 2.75) is 38.8 Å². The van der Waals surface area contributed by atoms with Crippen molar-refractivity contribution < 1.29 is 14.6 Å². The third-order valence-electron chi connectivity index (χ3n) is 2.88. The van der Waals surface area contributed by atoms with Crippen LogP contribution < -0.4 is 15.2 Å². The fourth-order valence-electron chi connectivity index (χ4n) is 1.81. The van der Waals surface area contributed by atoms with Gasteiger partial charge in [-0.15, -0.1) is 0 Å². The zero-order valence-electron chi connectivity index (χ0n) is 11.3. The lowest BCUT2D eigenvalue weighted by Crippen LogP contribution is -2.41. The van der Waals surface area contributed by atoms with Gasteiger partial charge in [-0.1, -0.05) is 19.4 Å². The summed E-state index contributed by atoms with van der Waals surface area (Å²) in [6, 6.07) is 5.51. The van der Waals surface area contributed by atoms with Gasteiger partial charge in [0, 0.05) is 6.04 Å². The Balaban J connectivity index is 2.81. The topological polar surface area (TPSA) is 64.7 Å². The van der Waals surface area contributed by atoms with Crippen molar-refractivity contribution in [3.05, 3.63) is 23.8 Å². The first kappa shape index (κ1) is 14.8. The Morgan fingerprint density at radius 2 is 2.06 bits per heavy atom. The molecule has 2 atom stereocenters. The van der Waals surface area contributed by atoms with Gasteiger partial charge < -0.3 is 20.3 Å². The van der Waals surface area contributed by atoms with E-state index < -0.39 is 6.10 Å². The summed E-state index contributed by atoms with van der Waals surface area (Å²) < 4.78 is 11.0. The molecule has 3 N–H and O–H groups in total. The van der Waals surface area contributed by atoms with Crippen molar-refractivity contribution in [2.75, 3.05) is 13.7 Å². The fourth-order valence-corrected chi connectivity index (χ4v) is 1.81. The highest BCUT2D eigenvalue weighted by atomic mass is 16.5. The van der Waals surface area contributed by atoms with Crippen molar-refractivity contribution in [3.63, 3.8) is 0 Å². The molecular weight excluding hydrogens is 230 g/mol. The van der Waals surface area contributed by atoms with Gasteiger partial charge in [0.05, 0.1) is 13.7 Å². The van der Waals surface area contributed by atoms with E-state index in [1.54, 1.807) is 7.11 Å². The summed E-state index contributed by atoms with van der Waals surface area (Å²) in [6.07, 6.45) is 1.38. The van der Waals surface area contributed by atoms with Crippen LogP contribution in [0.1, 0.15) is 25.3 Å². The summed E-state index contributed by atoms with van der Waals surface area (Å²) in [5.74, 6) is 1.28. The molecule has 0 radical (unpaired) electrons. The van der Waals surface area contributed by atoms with Crippen LogP contribution in [0.3, 0.4) is 0 Å². The Kier molecular flexibility index (Phi) is 5.95. The van der Waals surface area contributed by atoms with Gasteiger partial charge in [-0.3, -0.25) is 0 Å². The van der Waals surface area contributed by atoms with Gasteiger partial charge in [0.2, 0.25) is 0 Å². The first-order chi connectivity index (χ1) is 8.62. The van der Waals surface area contributed by atoms with Crippen LogP contribution in [0.2, 0.25) is 0 Å². The molecule has 1 aromatic carbocycles. The van der Waals surface area contributed by atoms with E-state index in [-0.39, 0.29) is 12.6 Å². The largest absolute Gasteiger partial charge is 0.493 e. The molecule has 0 bridgehead atoms. The van der Waals surface area contributed by atoms with Crippen molar-refractivity contribution in [2.24, 2.45) is 5.73 Å². The summed E-state index contributed by atoms with van der Waals surface area (Å²) in [5, 5.41) is 9.36. The van der Waals surface area contributed by atoms with Crippen molar-refractivity contribution in [1.29, 1.82) is 0 Å². The zero-order valence-corrected chi connectivity index (χ0v) is 11.3. The number of hydrogen-bond acceptors (Lipinski definition) is 4. The van der Waals surface area contributed by atoms with E-state index in [4.69, 9.17) is 15.2 Å². The maximum Gasteiger partial charge on any atom is 0.161 e. The monoisotopic (exact) mass is 253 g/mol. The number of nitrogens with two attached hydrogens (primary N) is 1. The van der Waals surface area contributed by atoms with Crippen LogP contribution in [0.15, 0.2) is 18.2 Å². The molecule has 0 heterocycles. The Morgan fingerprint density at radius 3 is 2.61 bits per heavy atom. The molecule has 0 amide bonds. The Labute approximate surface area is 109 Å². The molecule has 0 fully saturated rings. The highest BCUT2D eigenvalue weighted by Crippen LogP contribution is 2.29. The second kappa shape index (κ2) is 7.24. The van der Waals surface area contributed by atoms with Crippen LogP contribution in [0.4, 0.5) is 0 Å². The summed E-state index contributed by atoms with van der Waals surface area (Å²) >= 11 is 0. The average molecular weight is 253 g/mol. The molecule has 0 spiro atoms. The average Bonchev–Trinajstić information content (AvgIpc) is 2.37. The lowest BCUT2D eigenvalue weighted by Gasteiger charge is -2.24. The van der Waals surface area contributed by atoms with Gasteiger partial charge in [0.15, 0.2) is 11.5 Å². The third-order valence-corrected chi connectivity index (χ3v) is 2.88. The number of aryl methyl sites for hydroxylation is 1. The van der Waals surface area contributed by atoms with E-state index in [1.807, 2.05) is 25.1 Å². The summed E-state index contributed by atoms with van der Waals surface area (Å²) in [7, 11) is 1.60. The van der Waals surface area contributed by atoms with Gasteiger partial charge in [0.1, 0.15) is 6.10 Å². The molecule has 0 saturated carbocycles. The van der Waals surface area contributed by atoms with Gasteiger partial charge in [-0.05, 0) is 31.0 Å². The van der Waals surface area contributed by atoms with Gasteiger partial charge in [-0.2, -0.15) is 0 Å². The quantitative estimate of drug-likeness (QED) is 0.778. The Morgan fingerprint density at radius 1 is 1.33 bits per heavy atom. The van der Waals surface area contributed by atoms with Crippen molar-refractivity contribution in [3.8, 4) is 11.5 Å². The molecule has 4 heteroatoms. The van der Waals surface area contributed by atoms with Gasteiger partial charge in [-0.25, -0.2) is 0 Å². The predicted molar refractivity (Wildman–Crippen MR) is 72.1 cm³/mol. The van der Waals surface area contributed by atoms with E-state index >= 15 is 0 Å². The summed E-state index contributed by atoms with van der Waals surface area (Å²) in [6.45, 7) is 3.94. The molecule has 1 rings (SSSR count).